The minimum Gasteiger partial charge on any atom is -0.496 e. The van der Waals surface area contributed by atoms with Gasteiger partial charge in [-0.1, -0.05) is 17.3 Å². The molecule has 0 N–H and O–H groups in total. The Hall–Kier alpha value is -2.25. The van der Waals surface area contributed by atoms with Gasteiger partial charge < -0.3 is 9.26 Å². The molecule has 3 aromatic rings. The number of benzene rings is 1. The summed E-state index contributed by atoms with van der Waals surface area (Å²) in [6.45, 7) is 4.80. The number of thiazole rings is 1. The topological polar surface area (TPSA) is 64.3 Å². The number of nitrogens with zero attached hydrogens (tertiary/aromatic N) is 4. The predicted molar refractivity (Wildman–Crippen MR) is 100 cm³/mol. The molecule has 0 spiro atoms. The first kappa shape index (κ1) is 17.2. The van der Waals surface area contributed by atoms with Crippen molar-refractivity contribution in [1.82, 2.24) is 20.0 Å². The van der Waals surface area contributed by atoms with Crippen LogP contribution < -0.4 is 4.74 Å². The van der Waals surface area contributed by atoms with Crippen LogP contribution in [0, 0.1) is 6.92 Å². The number of hydrogen-bond acceptors (Lipinski definition) is 7. The number of hydrogen-bond donors (Lipinski definition) is 0. The summed E-state index contributed by atoms with van der Waals surface area (Å²) in [5, 5.41) is 5.11. The fourth-order valence-electron chi connectivity index (χ4n) is 3.44. The maximum atomic E-state index is 5.46. The van der Waals surface area contributed by atoms with Gasteiger partial charge in [0.15, 0.2) is 5.82 Å². The highest BCUT2D eigenvalue weighted by atomic mass is 32.1. The molecule has 7 heteroatoms. The van der Waals surface area contributed by atoms with E-state index < -0.39 is 0 Å². The number of aromatic nitrogens is 3. The summed E-state index contributed by atoms with van der Waals surface area (Å²) in [6.07, 6.45) is 4.25. The number of ether oxygens (including phenoxy) is 1. The molecular formula is C19H22N4O2S. The fourth-order valence-corrected chi connectivity index (χ4v) is 4.42. The van der Waals surface area contributed by atoms with Crippen LogP contribution in [0.5, 0.6) is 5.75 Å². The first-order chi connectivity index (χ1) is 12.7. The van der Waals surface area contributed by atoms with E-state index in [2.05, 4.69) is 26.1 Å². The summed E-state index contributed by atoms with van der Waals surface area (Å²) in [4.78, 5) is 12.7. The number of aryl methyl sites for hydroxylation is 1. The number of likely N-dealkylation sites (tertiary alicyclic amines) is 1. The zero-order valence-electron chi connectivity index (χ0n) is 15.0. The Morgan fingerprint density at radius 1 is 1.35 bits per heavy atom. The first-order valence-electron chi connectivity index (χ1n) is 8.83. The van der Waals surface area contributed by atoms with E-state index in [9.17, 15) is 0 Å². The number of piperidine rings is 1. The Kier molecular flexibility index (Phi) is 4.99. The molecule has 1 saturated heterocycles. The standard InChI is InChI=1S/C19H22N4O2S/c1-13-21-18(22-25-13)14-6-5-9-23(11-14)12-15-10-20-19(26-15)16-7-3-4-8-17(16)24-2/h3-4,7-8,10,14H,5-6,9,11-12H2,1-2H3. The van der Waals surface area contributed by atoms with Crippen molar-refractivity contribution in [3.05, 3.63) is 47.1 Å². The average Bonchev–Trinajstić information content (AvgIpc) is 3.31. The molecule has 4 rings (SSSR count). The zero-order valence-corrected chi connectivity index (χ0v) is 15.8. The highest BCUT2D eigenvalue weighted by Gasteiger charge is 2.25. The van der Waals surface area contributed by atoms with E-state index in [-0.39, 0.29) is 0 Å². The summed E-state index contributed by atoms with van der Waals surface area (Å²) in [5.41, 5.74) is 1.05. The van der Waals surface area contributed by atoms with Gasteiger partial charge in [-0.25, -0.2) is 4.98 Å². The predicted octanol–water partition coefficient (Wildman–Crippen LogP) is 3.89. The van der Waals surface area contributed by atoms with E-state index in [1.807, 2.05) is 31.3 Å². The molecule has 1 fully saturated rings. The van der Waals surface area contributed by atoms with Gasteiger partial charge in [-0.15, -0.1) is 11.3 Å². The van der Waals surface area contributed by atoms with E-state index in [0.29, 0.717) is 11.8 Å². The van der Waals surface area contributed by atoms with Gasteiger partial charge >= 0.3 is 0 Å². The highest BCUT2D eigenvalue weighted by molar-refractivity contribution is 7.15. The van der Waals surface area contributed by atoms with Crippen LogP contribution in [0.15, 0.2) is 35.0 Å². The fraction of sp³-hybridized carbons (Fsp3) is 0.421. The Morgan fingerprint density at radius 3 is 3.04 bits per heavy atom. The average molecular weight is 370 g/mol. The quantitative estimate of drug-likeness (QED) is 0.679. The van der Waals surface area contributed by atoms with Crippen molar-refractivity contribution >= 4 is 11.3 Å². The lowest BCUT2D eigenvalue weighted by molar-refractivity contribution is 0.196. The van der Waals surface area contributed by atoms with Crippen LogP contribution in [0.1, 0.15) is 35.4 Å². The molecule has 0 radical (unpaired) electrons. The monoisotopic (exact) mass is 370 g/mol. The van der Waals surface area contributed by atoms with Crippen LogP contribution in [-0.4, -0.2) is 40.2 Å². The van der Waals surface area contributed by atoms with Gasteiger partial charge in [0.05, 0.1) is 12.7 Å². The summed E-state index contributed by atoms with van der Waals surface area (Å²) in [6, 6.07) is 8.01. The van der Waals surface area contributed by atoms with Crippen molar-refractivity contribution in [3.63, 3.8) is 0 Å². The van der Waals surface area contributed by atoms with Crippen LogP contribution in [0.3, 0.4) is 0 Å². The summed E-state index contributed by atoms with van der Waals surface area (Å²) >= 11 is 1.73. The van der Waals surface area contributed by atoms with Crippen LogP contribution in [0.25, 0.3) is 10.6 Å². The number of rotatable bonds is 5. The molecule has 1 atom stereocenters. The van der Waals surface area contributed by atoms with Crippen molar-refractivity contribution < 1.29 is 9.26 Å². The lowest BCUT2D eigenvalue weighted by Gasteiger charge is -2.30. The largest absolute Gasteiger partial charge is 0.496 e. The molecule has 6 nitrogen and oxygen atoms in total. The van der Waals surface area contributed by atoms with Gasteiger partial charge in [-0.3, -0.25) is 4.90 Å². The molecule has 1 aliphatic heterocycles. The van der Waals surface area contributed by atoms with Crippen molar-refractivity contribution in [2.24, 2.45) is 0 Å². The summed E-state index contributed by atoms with van der Waals surface area (Å²) in [7, 11) is 1.70. The van der Waals surface area contributed by atoms with E-state index in [1.54, 1.807) is 18.4 Å². The van der Waals surface area contributed by atoms with Gasteiger partial charge in [-0.05, 0) is 31.5 Å². The number of para-hydroxylation sites is 1. The van der Waals surface area contributed by atoms with Crippen molar-refractivity contribution in [1.29, 1.82) is 0 Å². The lowest BCUT2D eigenvalue weighted by Crippen LogP contribution is -2.34. The van der Waals surface area contributed by atoms with Crippen molar-refractivity contribution in [3.8, 4) is 16.3 Å². The van der Waals surface area contributed by atoms with Crippen LogP contribution in [0.4, 0.5) is 0 Å². The van der Waals surface area contributed by atoms with E-state index >= 15 is 0 Å². The van der Waals surface area contributed by atoms with E-state index in [4.69, 9.17) is 9.26 Å². The van der Waals surface area contributed by atoms with Crippen LogP contribution in [0.2, 0.25) is 0 Å². The Morgan fingerprint density at radius 2 is 2.23 bits per heavy atom. The molecule has 1 aliphatic rings. The minimum absolute atomic E-state index is 0.350. The SMILES string of the molecule is COc1ccccc1-c1ncc(CN2CCCC(c3noc(C)n3)C2)s1. The van der Waals surface area contributed by atoms with Gasteiger partial charge in [-0.2, -0.15) is 4.98 Å². The van der Waals surface area contributed by atoms with Gasteiger partial charge in [0.25, 0.3) is 0 Å². The Balaban J connectivity index is 1.45. The van der Waals surface area contributed by atoms with Crippen LogP contribution in [-0.2, 0) is 6.54 Å². The maximum Gasteiger partial charge on any atom is 0.223 e. The molecule has 0 saturated carbocycles. The third-order valence-corrected chi connectivity index (χ3v) is 5.70. The normalized spacial score (nSPS) is 18.2. The molecule has 136 valence electrons. The Labute approximate surface area is 156 Å². The second-order valence-electron chi connectivity index (χ2n) is 6.58. The van der Waals surface area contributed by atoms with Gasteiger partial charge in [0, 0.05) is 37.0 Å². The first-order valence-corrected chi connectivity index (χ1v) is 9.65. The van der Waals surface area contributed by atoms with Crippen molar-refractivity contribution in [2.45, 2.75) is 32.2 Å². The Bertz CT molecular complexity index is 876. The zero-order chi connectivity index (χ0) is 17.9. The van der Waals surface area contributed by atoms with Crippen molar-refractivity contribution in [2.75, 3.05) is 20.2 Å². The third-order valence-electron chi connectivity index (χ3n) is 4.68. The molecular weight excluding hydrogens is 348 g/mol. The highest BCUT2D eigenvalue weighted by Crippen LogP contribution is 2.33. The lowest BCUT2D eigenvalue weighted by atomic mass is 9.97. The second kappa shape index (κ2) is 7.55. The van der Waals surface area contributed by atoms with E-state index in [0.717, 1.165) is 54.6 Å². The van der Waals surface area contributed by atoms with Gasteiger partial charge in [0.1, 0.15) is 10.8 Å². The third kappa shape index (κ3) is 3.64. The van der Waals surface area contributed by atoms with Gasteiger partial charge in [0.2, 0.25) is 5.89 Å². The van der Waals surface area contributed by atoms with Crippen LogP contribution >= 0.6 is 11.3 Å². The minimum atomic E-state index is 0.350. The molecule has 1 unspecified atom stereocenters. The number of methoxy groups -OCH3 is 1. The molecule has 1 aromatic carbocycles. The molecule has 2 aromatic heterocycles. The molecule has 0 aliphatic carbocycles. The molecule has 26 heavy (non-hydrogen) atoms. The molecule has 0 amide bonds. The summed E-state index contributed by atoms with van der Waals surface area (Å²) < 4.78 is 10.6. The maximum absolute atomic E-state index is 5.46. The van der Waals surface area contributed by atoms with E-state index in [1.165, 1.54) is 4.88 Å². The molecule has 0 bridgehead atoms. The molecule has 3 heterocycles. The summed E-state index contributed by atoms with van der Waals surface area (Å²) in [5.74, 6) is 2.69. The second-order valence-corrected chi connectivity index (χ2v) is 7.69. The smallest absolute Gasteiger partial charge is 0.223 e.